The Labute approximate surface area is 147 Å². The number of hydrogen-bond acceptors (Lipinski definition) is 3. The van der Waals surface area contributed by atoms with Crippen LogP contribution in [-0.2, 0) is 4.79 Å². The van der Waals surface area contributed by atoms with Crippen molar-refractivity contribution in [3.63, 3.8) is 0 Å². The number of carbonyl (C=O) groups is 1. The number of amides is 1. The van der Waals surface area contributed by atoms with Crippen LogP contribution in [0, 0.1) is 5.92 Å². The molecule has 1 atom stereocenters. The molecule has 0 fully saturated rings. The zero-order valence-corrected chi connectivity index (χ0v) is 14.8. The van der Waals surface area contributed by atoms with Gasteiger partial charge >= 0.3 is 0 Å². The van der Waals surface area contributed by atoms with Gasteiger partial charge in [-0.25, -0.2) is 0 Å². The standard InChI is InChI=1S/C19H22ClNO3/c1-13(2)12-23-16-10-8-15(9-11-16)21-19(22)14(3)24-18-7-5-4-6-17(18)20/h4-11,13-14H,12H2,1-3H3,(H,21,22). The zero-order valence-electron chi connectivity index (χ0n) is 14.1. The summed E-state index contributed by atoms with van der Waals surface area (Å²) in [7, 11) is 0. The van der Waals surface area contributed by atoms with Gasteiger partial charge in [-0.1, -0.05) is 37.6 Å². The van der Waals surface area contributed by atoms with Crippen molar-refractivity contribution >= 4 is 23.2 Å². The van der Waals surface area contributed by atoms with Gasteiger partial charge in [-0.05, 0) is 49.2 Å². The van der Waals surface area contributed by atoms with Gasteiger partial charge in [0.1, 0.15) is 11.5 Å². The Morgan fingerprint density at radius 2 is 1.75 bits per heavy atom. The fraction of sp³-hybridized carbons (Fsp3) is 0.316. The molecule has 0 radical (unpaired) electrons. The fourth-order valence-corrected chi connectivity index (χ4v) is 2.11. The van der Waals surface area contributed by atoms with E-state index in [9.17, 15) is 4.79 Å². The second-order valence-electron chi connectivity index (χ2n) is 5.91. The van der Waals surface area contributed by atoms with Crippen LogP contribution in [0.25, 0.3) is 0 Å². The van der Waals surface area contributed by atoms with Gasteiger partial charge in [0.05, 0.1) is 11.6 Å². The molecule has 0 saturated heterocycles. The van der Waals surface area contributed by atoms with Gasteiger partial charge in [-0.15, -0.1) is 0 Å². The molecule has 2 aromatic rings. The number of rotatable bonds is 7. The van der Waals surface area contributed by atoms with Crippen LogP contribution in [0.3, 0.4) is 0 Å². The first-order valence-electron chi connectivity index (χ1n) is 7.90. The first-order valence-corrected chi connectivity index (χ1v) is 8.28. The molecule has 0 aliphatic heterocycles. The Morgan fingerprint density at radius 1 is 1.08 bits per heavy atom. The first-order chi connectivity index (χ1) is 11.5. The number of para-hydroxylation sites is 1. The summed E-state index contributed by atoms with van der Waals surface area (Å²) in [4.78, 5) is 12.2. The monoisotopic (exact) mass is 347 g/mol. The Hall–Kier alpha value is -2.20. The highest BCUT2D eigenvalue weighted by Crippen LogP contribution is 2.24. The highest BCUT2D eigenvalue weighted by Gasteiger charge is 2.16. The molecule has 1 amide bonds. The molecule has 0 spiro atoms. The average molecular weight is 348 g/mol. The lowest BCUT2D eigenvalue weighted by atomic mass is 10.2. The van der Waals surface area contributed by atoms with E-state index in [2.05, 4.69) is 19.2 Å². The summed E-state index contributed by atoms with van der Waals surface area (Å²) in [6.07, 6.45) is -0.665. The normalized spacial score (nSPS) is 11.9. The minimum atomic E-state index is -0.665. The van der Waals surface area contributed by atoms with Crippen molar-refractivity contribution in [1.29, 1.82) is 0 Å². The molecular weight excluding hydrogens is 326 g/mol. The predicted molar refractivity (Wildman–Crippen MR) is 96.9 cm³/mol. The second kappa shape index (κ2) is 8.60. The molecule has 0 saturated carbocycles. The topological polar surface area (TPSA) is 47.6 Å². The fourth-order valence-electron chi connectivity index (χ4n) is 1.93. The minimum Gasteiger partial charge on any atom is -0.493 e. The molecule has 4 nitrogen and oxygen atoms in total. The van der Waals surface area contributed by atoms with Gasteiger partial charge in [-0.2, -0.15) is 0 Å². The van der Waals surface area contributed by atoms with Crippen LogP contribution in [0.15, 0.2) is 48.5 Å². The van der Waals surface area contributed by atoms with Crippen LogP contribution < -0.4 is 14.8 Å². The number of halogens is 1. The predicted octanol–water partition coefficient (Wildman–Crippen LogP) is 4.78. The summed E-state index contributed by atoms with van der Waals surface area (Å²) >= 11 is 6.03. The van der Waals surface area contributed by atoms with Crippen molar-refractivity contribution in [2.75, 3.05) is 11.9 Å². The molecule has 0 bridgehead atoms. The molecule has 128 valence electrons. The highest BCUT2D eigenvalue weighted by atomic mass is 35.5. The van der Waals surface area contributed by atoms with E-state index in [-0.39, 0.29) is 5.91 Å². The van der Waals surface area contributed by atoms with Gasteiger partial charge in [0.15, 0.2) is 6.10 Å². The van der Waals surface area contributed by atoms with Crippen molar-refractivity contribution in [2.24, 2.45) is 5.92 Å². The van der Waals surface area contributed by atoms with E-state index in [0.29, 0.717) is 29.0 Å². The van der Waals surface area contributed by atoms with E-state index in [1.165, 1.54) is 0 Å². The SMILES string of the molecule is CC(C)COc1ccc(NC(=O)C(C)Oc2ccccc2Cl)cc1. The number of anilines is 1. The Bertz CT molecular complexity index is 671. The molecule has 5 heteroatoms. The average Bonchev–Trinajstić information content (AvgIpc) is 2.56. The van der Waals surface area contributed by atoms with Gasteiger partial charge in [0.2, 0.25) is 0 Å². The number of hydrogen-bond donors (Lipinski definition) is 1. The third kappa shape index (κ3) is 5.46. The van der Waals surface area contributed by atoms with E-state index in [4.69, 9.17) is 21.1 Å². The van der Waals surface area contributed by atoms with Crippen molar-refractivity contribution in [2.45, 2.75) is 26.9 Å². The van der Waals surface area contributed by atoms with Crippen LogP contribution in [-0.4, -0.2) is 18.6 Å². The van der Waals surface area contributed by atoms with Gasteiger partial charge in [0.25, 0.3) is 5.91 Å². The molecule has 2 rings (SSSR count). The van der Waals surface area contributed by atoms with Gasteiger partial charge in [0, 0.05) is 5.69 Å². The van der Waals surface area contributed by atoms with Gasteiger partial charge < -0.3 is 14.8 Å². The maximum Gasteiger partial charge on any atom is 0.265 e. The number of nitrogens with one attached hydrogen (secondary N) is 1. The van der Waals surface area contributed by atoms with E-state index in [1.54, 1.807) is 31.2 Å². The largest absolute Gasteiger partial charge is 0.493 e. The molecule has 0 aromatic heterocycles. The highest BCUT2D eigenvalue weighted by molar-refractivity contribution is 6.32. The lowest BCUT2D eigenvalue weighted by Gasteiger charge is -2.16. The number of carbonyl (C=O) groups excluding carboxylic acids is 1. The molecule has 0 heterocycles. The molecule has 1 unspecified atom stereocenters. The molecule has 2 aromatic carbocycles. The molecular formula is C19H22ClNO3. The summed E-state index contributed by atoms with van der Waals surface area (Å²) in [5, 5.41) is 3.29. The summed E-state index contributed by atoms with van der Waals surface area (Å²) in [6, 6.07) is 14.3. The Morgan fingerprint density at radius 3 is 2.38 bits per heavy atom. The number of ether oxygens (including phenoxy) is 2. The molecule has 24 heavy (non-hydrogen) atoms. The van der Waals surface area contributed by atoms with Crippen molar-refractivity contribution in [1.82, 2.24) is 0 Å². The molecule has 1 N–H and O–H groups in total. The third-order valence-corrected chi connectivity index (χ3v) is 3.53. The number of benzene rings is 2. The third-order valence-electron chi connectivity index (χ3n) is 3.21. The zero-order chi connectivity index (χ0) is 17.5. The van der Waals surface area contributed by atoms with Crippen LogP contribution in [0.5, 0.6) is 11.5 Å². The van der Waals surface area contributed by atoms with Crippen LogP contribution in [0.2, 0.25) is 5.02 Å². The van der Waals surface area contributed by atoms with E-state index >= 15 is 0 Å². The second-order valence-corrected chi connectivity index (χ2v) is 6.32. The van der Waals surface area contributed by atoms with E-state index < -0.39 is 6.10 Å². The lowest BCUT2D eigenvalue weighted by molar-refractivity contribution is -0.122. The molecule has 0 aliphatic carbocycles. The summed E-state index contributed by atoms with van der Waals surface area (Å²) < 4.78 is 11.2. The Kier molecular flexibility index (Phi) is 6.50. The first kappa shape index (κ1) is 18.1. The summed E-state index contributed by atoms with van der Waals surface area (Å²) in [5.41, 5.74) is 0.687. The van der Waals surface area contributed by atoms with E-state index in [1.807, 2.05) is 24.3 Å². The van der Waals surface area contributed by atoms with Crippen molar-refractivity contribution < 1.29 is 14.3 Å². The maximum absolute atomic E-state index is 12.2. The minimum absolute atomic E-state index is 0.245. The van der Waals surface area contributed by atoms with Crippen molar-refractivity contribution in [3.05, 3.63) is 53.6 Å². The van der Waals surface area contributed by atoms with Crippen LogP contribution in [0.1, 0.15) is 20.8 Å². The summed E-state index contributed by atoms with van der Waals surface area (Å²) in [6.45, 7) is 6.52. The lowest BCUT2D eigenvalue weighted by Crippen LogP contribution is -2.30. The summed E-state index contributed by atoms with van der Waals surface area (Å²) in [5.74, 6) is 1.49. The van der Waals surface area contributed by atoms with Gasteiger partial charge in [-0.3, -0.25) is 4.79 Å². The smallest absolute Gasteiger partial charge is 0.265 e. The molecule has 0 aliphatic rings. The maximum atomic E-state index is 12.2. The van der Waals surface area contributed by atoms with Crippen molar-refractivity contribution in [3.8, 4) is 11.5 Å². The van der Waals surface area contributed by atoms with Crippen LogP contribution in [0.4, 0.5) is 5.69 Å². The Balaban J connectivity index is 1.90. The van der Waals surface area contributed by atoms with E-state index in [0.717, 1.165) is 5.75 Å². The quantitative estimate of drug-likeness (QED) is 0.784. The van der Waals surface area contributed by atoms with Crippen LogP contribution >= 0.6 is 11.6 Å².